The molecule has 2 aromatic carbocycles. The second kappa shape index (κ2) is 9.68. The number of H-pyrrole nitrogens is 1. The number of rotatable bonds is 9. The first-order chi connectivity index (χ1) is 12.8. The Hall–Kier alpha value is -2.73. The summed E-state index contributed by atoms with van der Waals surface area (Å²) in [6.07, 6.45) is 0.855. The number of aromatic nitrogens is 2. The van der Waals surface area contributed by atoms with Crippen LogP contribution in [0.3, 0.4) is 0 Å². The summed E-state index contributed by atoms with van der Waals surface area (Å²) in [6.45, 7) is 0.886. The molecule has 1 N–H and O–H groups in total. The standard InChI is InChI=1S/C20H20N2O3S/c23-19-14-16(15-25-18-10-5-2-6-11-18)21-20(22-19)26-13-7-12-24-17-8-3-1-4-9-17/h1-6,8-11,14H,7,12-13,15H2,(H,21,22,23). The van der Waals surface area contributed by atoms with Crippen molar-refractivity contribution >= 4 is 11.8 Å². The van der Waals surface area contributed by atoms with Crippen molar-refractivity contribution in [3.8, 4) is 11.5 Å². The fourth-order valence-corrected chi connectivity index (χ4v) is 3.04. The molecular formula is C20H20N2O3S. The van der Waals surface area contributed by atoms with Crippen molar-refractivity contribution in [2.24, 2.45) is 0 Å². The Kier molecular flexibility index (Phi) is 6.73. The van der Waals surface area contributed by atoms with Gasteiger partial charge in [0.25, 0.3) is 5.56 Å². The van der Waals surface area contributed by atoms with Gasteiger partial charge < -0.3 is 14.5 Å². The molecule has 0 saturated carbocycles. The van der Waals surface area contributed by atoms with Crippen molar-refractivity contribution in [2.75, 3.05) is 12.4 Å². The minimum atomic E-state index is -0.172. The minimum absolute atomic E-state index is 0.172. The van der Waals surface area contributed by atoms with Crippen molar-refractivity contribution in [1.82, 2.24) is 9.97 Å². The molecule has 0 atom stereocenters. The highest BCUT2D eigenvalue weighted by Gasteiger charge is 2.04. The number of ether oxygens (including phenoxy) is 2. The topological polar surface area (TPSA) is 64.2 Å². The molecule has 0 fully saturated rings. The maximum Gasteiger partial charge on any atom is 0.251 e. The third-order valence-corrected chi connectivity index (χ3v) is 4.40. The van der Waals surface area contributed by atoms with Crippen molar-refractivity contribution < 1.29 is 9.47 Å². The molecule has 26 heavy (non-hydrogen) atoms. The van der Waals surface area contributed by atoms with Gasteiger partial charge in [0.15, 0.2) is 5.16 Å². The second-order valence-corrected chi connectivity index (χ2v) is 6.59. The zero-order chi connectivity index (χ0) is 18.0. The molecule has 0 aliphatic heterocycles. The third kappa shape index (κ3) is 5.97. The highest BCUT2D eigenvalue weighted by molar-refractivity contribution is 7.99. The number of nitrogens with one attached hydrogen (secondary N) is 1. The molecule has 0 aliphatic rings. The van der Waals surface area contributed by atoms with E-state index < -0.39 is 0 Å². The van der Waals surface area contributed by atoms with Crippen LogP contribution in [0, 0.1) is 0 Å². The fourth-order valence-electron chi connectivity index (χ4n) is 2.23. The van der Waals surface area contributed by atoms with Gasteiger partial charge in [-0.05, 0) is 30.7 Å². The van der Waals surface area contributed by atoms with E-state index in [1.807, 2.05) is 60.7 Å². The molecular weight excluding hydrogens is 348 g/mol. The number of hydrogen-bond acceptors (Lipinski definition) is 5. The molecule has 1 aromatic heterocycles. The normalized spacial score (nSPS) is 10.5. The molecule has 0 radical (unpaired) electrons. The smallest absolute Gasteiger partial charge is 0.251 e. The van der Waals surface area contributed by atoms with Gasteiger partial charge in [-0.2, -0.15) is 0 Å². The average molecular weight is 368 g/mol. The maximum atomic E-state index is 11.8. The molecule has 0 unspecified atom stereocenters. The van der Waals surface area contributed by atoms with E-state index in [0.717, 1.165) is 23.7 Å². The van der Waals surface area contributed by atoms with E-state index in [1.165, 1.54) is 17.8 Å². The predicted octanol–water partition coefficient (Wildman–Crippen LogP) is 3.91. The zero-order valence-corrected chi connectivity index (χ0v) is 15.1. The molecule has 1 heterocycles. The molecule has 0 bridgehead atoms. The van der Waals surface area contributed by atoms with Crippen LogP contribution in [0.1, 0.15) is 12.1 Å². The van der Waals surface area contributed by atoms with Crippen LogP contribution in [0.4, 0.5) is 0 Å². The summed E-state index contributed by atoms with van der Waals surface area (Å²) in [4.78, 5) is 19.0. The predicted molar refractivity (Wildman–Crippen MR) is 103 cm³/mol. The lowest BCUT2D eigenvalue weighted by Crippen LogP contribution is -2.12. The van der Waals surface area contributed by atoms with Crippen molar-refractivity contribution in [3.63, 3.8) is 0 Å². The van der Waals surface area contributed by atoms with Gasteiger partial charge in [0, 0.05) is 11.8 Å². The second-order valence-electron chi connectivity index (χ2n) is 5.51. The van der Waals surface area contributed by atoms with Crippen molar-refractivity contribution in [3.05, 3.63) is 82.8 Å². The molecule has 0 saturated heterocycles. The van der Waals surface area contributed by atoms with Crippen LogP contribution in [0.2, 0.25) is 0 Å². The lowest BCUT2D eigenvalue weighted by molar-refractivity contribution is 0.299. The number of benzene rings is 2. The monoisotopic (exact) mass is 368 g/mol. The largest absolute Gasteiger partial charge is 0.494 e. The van der Waals surface area contributed by atoms with Crippen LogP contribution < -0.4 is 15.0 Å². The first-order valence-corrected chi connectivity index (χ1v) is 9.37. The van der Waals surface area contributed by atoms with Gasteiger partial charge in [-0.3, -0.25) is 4.79 Å². The Morgan fingerprint density at radius 1 is 0.923 bits per heavy atom. The Bertz CT molecular complexity index is 854. The number of hydrogen-bond donors (Lipinski definition) is 1. The number of para-hydroxylation sites is 2. The number of thioether (sulfide) groups is 1. The van der Waals surface area contributed by atoms with E-state index in [0.29, 0.717) is 17.5 Å². The molecule has 134 valence electrons. The van der Waals surface area contributed by atoms with E-state index in [9.17, 15) is 4.79 Å². The Balaban J connectivity index is 1.45. The van der Waals surface area contributed by atoms with Gasteiger partial charge in [0.2, 0.25) is 0 Å². The van der Waals surface area contributed by atoms with Crippen molar-refractivity contribution in [1.29, 1.82) is 0 Å². The molecule has 6 heteroatoms. The van der Waals surface area contributed by atoms with Gasteiger partial charge in [0.1, 0.15) is 18.1 Å². The highest BCUT2D eigenvalue weighted by Crippen LogP contribution is 2.15. The fraction of sp³-hybridized carbons (Fsp3) is 0.200. The Labute approximate surface area is 156 Å². The molecule has 0 aliphatic carbocycles. The third-order valence-electron chi connectivity index (χ3n) is 3.44. The summed E-state index contributed by atoms with van der Waals surface area (Å²) < 4.78 is 11.3. The quantitative estimate of drug-likeness (QED) is 0.352. The lowest BCUT2D eigenvalue weighted by atomic mass is 10.3. The van der Waals surface area contributed by atoms with E-state index >= 15 is 0 Å². The summed E-state index contributed by atoms with van der Waals surface area (Å²) in [5.74, 6) is 2.42. The maximum absolute atomic E-state index is 11.8. The van der Waals surface area contributed by atoms with Gasteiger partial charge in [-0.25, -0.2) is 4.98 Å². The first kappa shape index (κ1) is 18.1. The Morgan fingerprint density at radius 3 is 2.27 bits per heavy atom. The average Bonchev–Trinajstić information content (AvgIpc) is 2.67. The van der Waals surface area contributed by atoms with E-state index in [1.54, 1.807) is 0 Å². The molecule has 3 rings (SSSR count). The Morgan fingerprint density at radius 2 is 1.58 bits per heavy atom. The molecule has 5 nitrogen and oxygen atoms in total. The van der Waals surface area contributed by atoms with Crippen LogP contribution in [0.15, 0.2) is 76.7 Å². The molecule has 3 aromatic rings. The van der Waals surface area contributed by atoms with Crippen molar-refractivity contribution in [2.45, 2.75) is 18.2 Å². The summed E-state index contributed by atoms with van der Waals surface area (Å²) in [5, 5.41) is 0.601. The summed E-state index contributed by atoms with van der Waals surface area (Å²) in [6, 6.07) is 20.7. The zero-order valence-electron chi connectivity index (χ0n) is 14.3. The van der Waals surface area contributed by atoms with E-state index in [-0.39, 0.29) is 12.2 Å². The van der Waals surface area contributed by atoms with Crippen LogP contribution >= 0.6 is 11.8 Å². The summed E-state index contributed by atoms with van der Waals surface area (Å²) in [5.41, 5.74) is 0.440. The first-order valence-electron chi connectivity index (χ1n) is 8.38. The van der Waals surface area contributed by atoms with Gasteiger partial charge in [0.05, 0.1) is 12.3 Å². The van der Waals surface area contributed by atoms with E-state index in [4.69, 9.17) is 9.47 Å². The molecule has 0 amide bonds. The SMILES string of the molecule is O=c1cc(COc2ccccc2)nc(SCCCOc2ccccc2)[nH]1. The van der Waals surface area contributed by atoms with Crippen LogP contribution in [0.5, 0.6) is 11.5 Å². The van der Waals surface area contributed by atoms with Crippen LogP contribution in [-0.4, -0.2) is 22.3 Å². The summed E-state index contributed by atoms with van der Waals surface area (Å²) in [7, 11) is 0. The number of aromatic amines is 1. The summed E-state index contributed by atoms with van der Waals surface area (Å²) >= 11 is 1.50. The van der Waals surface area contributed by atoms with Crippen LogP contribution in [-0.2, 0) is 6.61 Å². The lowest BCUT2D eigenvalue weighted by Gasteiger charge is -2.07. The number of nitrogens with zero attached hydrogens (tertiary/aromatic N) is 1. The van der Waals surface area contributed by atoms with Crippen LogP contribution in [0.25, 0.3) is 0 Å². The minimum Gasteiger partial charge on any atom is -0.494 e. The van der Waals surface area contributed by atoms with Gasteiger partial charge >= 0.3 is 0 Å². The van der Waals surface area contributed by atoms with E-state index in [2.05, 4.69) is 9.97 Å². The van der Waals surface area contributed by atoms with Gasteiger partial charge in [-0.15, -0.1) is 0 Å². The molecule has 0 spiro atoms. The van der Waals surface area contributed by atoms with Gasteiger partial charge in [-0.1, -0.05) is 48.2 Å². The highest BCUT2D eigenvalue weighted by atomic mass is 32.2.